The molecule has 0 N–H and O–H groups in total. The van der Waals surface area contributed by atoms with Gasteiger partial charge in [0.2, 0.25) is 0 Å². The highest BCUT2D eigenvalue weighted by Gasteiger charge is 2.44. The van der Waals surface area contributed by atoms with Crippen molar-refractivity contribution in [3.8, 4) is 0 Å². The first kappa shape index (κ1) is 16.4. The van der Waals surface area contributed by atoms with Crippen LogP contribution in [0.15, 0.2) is 38.0 Å². The van der Waals surface area contributed by atoms with Crippen LogP contribution in [-0.4, -0.2) is 18.4 Å². The fraction of sp³-hybridized carbons (Fsp3) is 0.467. The summed E-state index contributed by atoms with van der Waals surface area (Å²) in [4.78, 5) is 24.4. The lowest BCUT2D eigenvalue weighted by atomic mass is 9.75. The summed E-state index contributed by atoms with van der Waals surface area (Å²) in [5.74, 6) is -0.625. The molecular weight excluding hydrogens is 228 g/mol. The van der Waals surface area contributed by atoms with Gasteiger partial charge in [-0.2, -0.15) is 0 Å². The maximum absolute atomic E-state index is 12.3. The minimum absolute atomic E-state index is 0.138. The monoisotopic (exact) mass is 250 g/mol. The Balaban J connectivity index is 5.23. The van der Waals surface area contributed by atoms with Gasteiger partial charge in [-0.3, -0.25) is 9.59 Å². The number of hydrogen-bond acceptors (Lipinski definition) is 3. The lowest BCUT2D eigenvalue weighted by molar-refractivity contribution is -0.160. The average molecular weight is 250 g/mol. The molecular formula is C15H22O3. The van der Waals surface area contributed by atoms with Gasteiger partial charge in [0, 0.05) is 6.42 Å². The lowest BCUT2D eigenvalue weighted by Crippen LogP contribution is -2.40. The van der Waals surface area contributed by atoms with Crippen molar-refractivity contribution in [3.63, 3.8) is 0 Å². The molecule has 3 heteroatoms. The first-order valence-corrected chi connectivity index (χ1v) is 6.12. The predicted molar refractivity (Wildman–Crippen MR) is 73.1 cm³/mol. The van der Waals surface area contributed by atoms with Gasteiger partial charge in [-0.1, -0.05) is 18.2 Å². The number of ether oxygens (including phenoxy) is 1. The molecule has 100 valence electrons. The summed E-state index contributed by atoms with van der Waals surface area (Å²) in [6, 6.07) is 0. The van der Waals surface area contributed by atoms with Gasteiger partial charge in [-0.25, -0.2) is 0 Å². The van der Waals surface area contributed by atoms with E-state index in [0.29, 0.717) is 6.42 Å². The van der Waals surface area contributed by atoms with E-state index in [2.05, 4.69) is 19.7 Å². The zero-order chi connectivity index (χ0) is 14.0. The van der Waals surface area contributed by atoms with Gasteiger partial charge in [0.05, 0.1) is 6.61 Å². The summed E-state index contributed by atoms with van der Waals surface area (Å²) >= 11 is 0. The van der Waals surface area contributed by atoms with Crippen LogP contribution in [-0.2, 0) is 14.3 Å². The molecule has 0 atom stereocenters. The normalized spacial score (nSPS) is 10.5. The van der Waals surface area contributed by atoms with E-state index in [4.69, 9.17) is 4.74 Å². The van der Waals surface area contributed by atoms with E-state index in [9.17, 15) is 9.59 Å². The number of Topliss-reactive ketones (excluding diaryl/α,β-unsaturated/α-hetero) is 1. The number of esters is 1. The number of carbonyl (C=O) groups is 2. The molecule has 0 aromatic rings. The molecule has 0 saturated heterocycles. The van der Waals surface area contributed by atoms with Crippen molar-refractivity contribution in [3.05, 3.63) is 38.0 Å². The minimum atomic E-state index is -1.16. The fourth-order valence-corrected chi connectivity index (χ4v) is 1.83. The molecule has 0 unspecified atom stereocenters. The van der Waals surface area contributed by atoms with Crippen LogP contribution in [0, 0.1) is 5.41 Å². The molecule has 0 aliphatic heterocycles. The molecule has 0 aliphatic rings. The second-order valence-electron chi connectivity index (χ2n) is 4.04. The first-order chi connectivity index (χ1) is 8.58. The molecule has 0 radical (unpaired) electrons. The van der Waals surface area contributed by atoms with Gasteiger partial charge in [0.25, 0.3) is 0 Å². The molecule has 0 amide bonds. The summed E-state index contributed by atoms with van der Waals surface area (Å²) in [6.07, 6.45) is 6.19. The van der Waals surface area contributed by atoms with Gasteiger partial charge in [0.15, 0.2) is 5.78 Å². The number of rotatable bonds is 10. The van der Waals surface area contributed by atoms with Crippen LogP contribution in [0.25, 0.3) is 0 Å². The maximum atomic E-state index is 12.3. The molecule has 0 aromatic carbocycles. The Morgan fingerprint density at radius 3 is 2.06 bits per heavy atom. The molecule has 3 nitrogen and oxygen atoms in total. The smallest absolute Gasteiger partial charge is 0.320 e. The van der Waals surface area contributed by atoms with Crippen LogP contribution in [0.3, 0.4) is 0 Å². The van der Waals surface area contributed by atoms with E-state index in [-0.39, 0.29) is 31.7 Å². The third kappa shape index (κ3) is 3.99. The van der Waals surface area contributed by atoms with E-state index >= 15 is 0 Å². The van der Waals surface area contributed by atoms with Gasteiger partial charge < -0.3 is 4.74 Å². The Morgan fingerprint density at radius 2 is 1.67 bits per heavy atom. The third-order valence-electron chi connectivity index (χ3n) is 2.76. The van der Waals surface area contributed by atoms with Crippen LogP contribution in [0.1, 0.15) is 32.6 Å². The second kappa shape index (κ2) is 8.45. The summed E-state index contributed by atoms with van der Waals surface area (Å²) in [6.45, 7) is 12.8. The van der Waals surface area contributed by atoms with E-state index < -0.39 is 11.4 Å². The number of carbonyl (C=O) groups excluding carboxylic acids is 2. The van der Waals surface area contributed by atoms with Crippen LogP contribution in [0.5, 0.6) is 0 Å². The molecule has 0 heterocycles. The van der Waals surface area contributed by atoms with Crippen LogP contribution < -0.4 is 0 Å². The van der Waals surface area contributed by atoms with Crippen molar-refractivity contribution in [2.45, 2.75) is 32.6 Å². The topological polar surface area (TPSA) is 43.4 Å². The number of hydrogen-bond donors (Lipinski definition) is 0. The molecule has 0 fully saturated rings. The Bertz CT molecular complexity index is 319. The van der Waals surface area contributed by atoms with Crippen LogP contribution in [0.2, 0.25) is 0 Å². The van der Waals surface area contributed by atoms with Crippen molar-refractivity contribution in [1.29, 1.82) is 0 Å². The zero-order valence-electron chi connectivity index (χ0n) is 11.1. The Morgan fingerprint density at radius 1 is 1.11 bits per heavy atom. The SMILES string of the molecule is C=CCCC(=O)C(CC=C)(CC=C)C(=O)OCC. The highest BCUT2D eigenvalue weighted by molar-refractivity contribution is 6.04. The number of ketones is 1. The van der Waals surface area contributed by atoms with E-state index in [1.54, 1.807) is 25.2 Å². The second-order valence-corrected chi connectivity index (χ2v) is 4.04. The molecule has 0 aromatic heterocycles. The van der Waals surface area contributed by atoms with E-state index in [1.807, 2.05) is 0 Å². The first-order valence-electron chi connectivity index (χ1n) is 6.12. The highest BCUT2D eigenvalue weighted by atomic mass is 16.5. The molecule has 0 saturated carbocycles. The van der Waals surface area contributed by atoms with Gasteiger partial charge >= 0.3 is 5.97 Å². The van der Waals surface area contributed by atoms with Crippen LogP contribution >= 0.6 is 0 Å². The molecule has 0 aliphatic carbocycles. The minimum Gasteiger partial charge on any atom is -0.465 e. The molecule has 18 heavy (non-hydrogen) atoms. The summed E-state index contributed by atoms with van der Waals surface area (Å²) < 4.78 is 5.03. The summed E-state index contributed by atoms with van der Waals surface area (Å²) in [5, 5.41) is 0. The highest BCUT2D eigenvalue weighted by Crippen LogP contribution is 2.32. The summed E-state index contributed by atoms with van der Waals surface area (Å²) in [7, 11) is 0. The zero-order valence-corrected chi connectivity index (χ0v) is 11.1. The van der Waals surface area contributed by atoms with Crippen molar-refractivity contribution >= 4 is 11.8 Å². The Kier molecular flexibility index (Phi) is 7.68. The van der Waals surface area contributed by atoms with Gasteiger partial charge in [-0.15, -0.1) is 19.7 Å². The van der Waals surface area contributed by atoms with Crippen LogP contribution in [0.4, 0.5) is 0 Å². The van der Waals surface area contributed by atoms with E-state index in [0.717, 1.165) is 0 Å². The lowest BCUT2D eigenvalue weighted by Gasteiger charge is -2.27. The Hall–Kier alpha value is -1.64. The summed E-state index contributed by atoms with van der Waals surface area (Å²) in [5.41, 5.74) is -1.16. The maximum Gasteiger partial charge on any atom is 0.320 e. The Labute approximate surface area is 109 Å². The average Bonchev–Trinajstić information content (AvgIpc) is 2.35. The third-order valence-corrected chi connectivity index (χ3v) is 2.76. The van der Waals surface area contributed by atoms with E-state index in [1.165, 1.54) is 0 Å². The van der Waals surface area contributed by atoms with Crippen molar-refractivity contribution in [2.24, 2.45) is 5.41 Å². The quantitative estimate of drug-likeness (QED) is 0.339. The molecule has 0 rings (SSSR count). The number of allylic oxidation sites excluding steroid dienone is 3. The predicted octanol–water partition coefficient (Wildman–Crippen LogP) is 3.22. The molecule has 0 spiro atoms. The fourth-order valence-electron chi connectivity index (χ4n) is 1.83. The molecule has 0 bridgehead atoms. The van der Waals surface area contributed by atoms with Gasteiger partial charge in [-0.05, 0) is 26.2 Å². The standard InChI is InChI=1S/C15H22O3/c1-5-9-10-13(16)15(11-6-2,12-7-3)14(17)18-8-4/h5-7H,1-3,8-12H2,4H3. The largest absolute Gasteiger partial charge is 0.465 e. The van der Waals surface area contributed by atoms with Gasteiger partial charge in [0.1, 0.15) is 5.41 Å². The van der Waals surface area contributed by atoms with Crippen molar-refractivity contribution < 1.29 is 14.3 Å². The van der Waals surface area contributed by atoms with Crippen molar-refractivity contribution in [1.82, 2.24) is 0 Å². The van der Waals surface area contributed by atoms with Crippen molar-refractivity contribution in [2.75, 3.05) is 6.61 Å².